The highest BCUT2D eigenvalue weighted by Gasteiger charge is 2.10. The van der Waals surface area contributed by atoms with Gasteiger partial charge in [-0.15, -0.1) is 0 Å². The molecule has 0 saturated carbocycles. The van der Waals surface area contributed by atoms with Crippen LogP contribution in [0.4, 0.5) is 14.6 Å². The summed E-state index contributed by atoms with van der Waals surface area (Å²) in [5.74, 6) is -0.0457. The van der Waals surface area contributed by atoms with Crippen molar-refractivity contribution in [3.8, 4) is 0 Å². The first-order valence-electron chi connectivity index (χ1n) is 5.55. The highest BCUT2D eigenvalue weighted by molar-refractivity contribution is 5.37. The molecule has 0 bridgehead atoms. The van der Waals surface area contributed by atoms with Gasteiger partial charge in [-0.2, -0.15) is 0 Å². The predicted molar refractivity (Wildman–Crippen MR) is 65.5 cm³/mol. The number of nitrogens with one attached hydrogen (secondary N) is 1. The van der Waals surface area contributed by atoms with Crippen molar-refractivity contribution in [1.82, 2.24) is 9.97 Å². The zero-order valence-corrected chi connectivity index (χ0v) is 10.2. The Labute approximate surface area is 104 Å². The molecule has 5 heteroatoms. The number of aryl methyl sites for hydroxylation is 1. The van der Waals surface area contributed by atoms with Crippen molar-refractivity contribution < 1.29 is 8.78 Å². The Morgan fingerprint density at radius 1 is 1.11 bits per heavy atom. The third kappa shape index (κ3) is 2.61. The summed E-state index contributed by atoms with van der Waals surface area (Å²) in [5.41, 5.74) is 1.18. The lowest BCUT2D eigenvalue weighted by atomic mass is 10.1. The minimum absolute atomic E-state index is 0.180. The van der Waals surface area contributed by atoms with Crippen molar-refractivity contribution in [2.75, 3.05) is 12.4 Å². The van der Waals surface area contributed by atoms with Gasteiger partial charge in [0, 0.05) is 13.5 Å². The van der Waals surface area contributed by atoms with Crippen LogP contribution in [0, 0.1) is 18.6 Å². The summed E-state index contributed by atoms with van der Waals surface area (Å²) in [6.07, 6.45) is 0.441. The fraction of sp³-hybridized carbons (Fsp3) is 0.231. The van der Waals surface area contributed by atoms with Crippen LogP contribution in [-0.2, 0) is 6.42 Å². The topological polar surface area (TPSA) is 37.8 Å². The van der Waals surface area contributed by atoms with Crippen molar-refractivity contribution in [3.05, 3.63) is 53.0 Å². The van der Waals surface area contributed by atoms with Crippen molar-refractivity contribution in [3.63, 3.8) is 0 Å². The third-order valence-electron chi connectivity index (χ3n) is 2.58. The summed E-state index contributed by atoms with van der Waals surface area (Å²) in [4.78, 5) is 8.16. The second-order valence-electron chi connectivity index (χ2n) is 3.94. The molecule has 0 fully saturated rings. The van der Waals surface area contributed by atoms with Crippen LogP contribution in [0.15, 0.2) is 24.3 Å². The van der Waals surface area contributed by atoms with Crippen LogP contribution in [0.5, 0.6) is 0 Å². The zero-order valence-electron chi connectivity index (χ0n) is 10.2. The molecule has 2 rings (SSSR count). The van der Waals surface area contributed by atoms with E-state index in [0.717, 1.165) is 5.56 Å². The molecule has 0 atom stereocenters. The van der Waals surface area contributed by atoms with Gasteiger partial charge in [0.2, 0.25) is 0 Å². The van der Waals surface area contributed by atoms with E-state index in [1.165, 1.54) is 12.1 Å². The minimum atomic E-state index is -0.444. The first-order chi connectivity index (χ1) is 8.60. The fourth-order valence-electron chi connectivity index (χ4n) is 1.65. The maximum absolute atomic E-state index is 13.5. The summed E-state index contributed by atoms with van der Waals surface area (Å²) in [5, 5.41) is 2.69. The van der Waals surface area contributed by atoms with E-state index in [1.54, 1.807) is 26.1 Å². The molecule has 1 heterocycles. The zero-order chi connectivity index (χ0) is 13.1. The summed E-state index contributed by atoms with van der Waals surface area (Å²) in [7, 11) is 1.60. The maximum Gasteiger partial charge on any atom is 0.186 e. The lowest BCUT2D eigenvalue weighted by molar-refractivity contribution is 0.602. The summed E-state index contributed by atoms with van der Waals surface area (Å²) in [6.45, 7) is 1.59. The molecule has 0 radical (unpaired) electrons. The van der Waals surface area contributed by atoms with E-state index in [2.05, 4.69) is 15.3 Å². The van der Waals surface area contributed by atoms with Crippen molar-refractivity contribution in [2.24, 2.45) is 0 Å². The molecule has 0 aliphatic carbocycles. The van der Waals surface area contributed by atoms with Crippen LogP contribution in [0.1, 0.15) is 17.1 Å². The molecule has 0 amide bonds. The smallest absolute Gasteiger partial charge is 0.186 e. The lowest BCUT2D eigenvalue weighted by Crippen LogP contribution is -2.06. The van der Waals surface area contributed by atoms with Crippen LogP contribution in [0.3, 0.4) is 0 Å². The van der Waals surface area contributed by atoms with Gasteiger partial charge in [0.25, 0.3) is 0 Å². The normalized spacial score (nSPS) is 10.4. The van der Waals surface area contributed by atoms with Crippen LogP contribution in [0.2, 0.25) is 0 Å². The van der Waals surface area contributed by atoms with Crippen LogP contribution < -0.4 is 5.32 Å². The number of hydrogen-bond donors (Lipinski definition) is 1. The maximum atomic E-state index is 13.5. The van der Waals surface area contributed by atoms with Gasteiger partial charge < -0.3 is 5.32 Å². The minimum Gasteiger partial charge on any atom is -0.371 e. The van der Waals surface area contributed by atoms with Crippen molar-refractivity contribution in [2.45, 2.75) is 13.3 Å². The molecule has 1 aromatic heterocycles. The Kier molecular flexibility index (Phi) is 3.50. The van der Waals surface area contributed by atoms with E-state index in [9.17, 15) is 8.78 Å². The SMILES string of the molecule is CNc1nc(Cc2ccc(F)cc2)nc(C)c1F. The standard InChI is InChI=1S/C13H13F2N3/c1-8-12(15)13(16-2)18-11(17-8)7-9-3-5-10(14)6-4-9/h3-6H,7H2,1-2H3,(H,16,17,18). The van der Waals surface area contributed by atoms with Gasteiger partial charge in [-0.1, -0.05) is 12.1 Å². The van der Waals surface area contributed by atoms with E-state index in [4.69, 9.17) is 0 Å². The van der Waals surface area contributed by atoms with Crippen LogP contribution in [-0.4, -0.2) is 17.0 Å². The van der Waals surface area contributed by atoms with E-state index < -0.39 is 5.82 Å². The third-order valence-corrected chi connectivity index (χ3v) is 2.58. The highest BCUT2D eigenvalue weighted by Crippen LogP contribution is 2.15. The first-order valence-corrected chi connectivity index (χ1v) is 5.55. The van der Waals surface area contributed by atoms with Gasteiger partial charge in [0.15, 0.2) is 11.6 Å². The largest absolute Gasteiger partial charge is 0.371 e. The molecule has 0 aliphatic heterocycles. The number of anilines is 1. The van der Waals surface area contributed by atoms with E-state index >= 15 is 0 Å². The van der Waals surface area contributed by atoms with Gasteiger partial charge in [-0.05, 0) is 24.6 Å². The molecule has 18 heavy (non-hydrogen) atoms. The molecule has 94 valence electrons. The Balaban J connectivity index is 2.29. The van der Waals surface area contributed by atoms with Crippen LogP contribution in [0.25, 0.3) is 0 Å². The summed E-state index contributed by atoms with van der Waals surface area (Å²) >= 11 is 0. The molecular formula is C13H13F2N3. The molecule has 0 spiro atoms. The Hall–Kier alpha value is -2.04. The fourth-order valence-corrected chi connectivity index (χ4v) is 1.65. The number of hydrogen-bond acceptors (Lipinski definition) is 3. The highest BCUT2D eigenvalue weighted by atomic mass is 19.1. The Morgan fingerprint density at radius 2 is 1.78 bits per heavy atom. The molecule has 0 unspecified atom stereocenters. The second kappa shape index (κ2) is 5.08. The molecule has 3 nitrogen and oxygen atoms in total. The molecule has 0 aliphatic rings. The van der Waals surface area contributed by atoms with Gasteiger partial charge >= 0.3 is 0 Å². The number of rotatable bonds is 3. The quantitative estimate of drug-likeness (QED) is 0.908. The van der Waals surface area contributed by atoms with Gasteiger partial charge in [0.1, 0.15) is 11.6 Å². The predicted octanol–water partition coefficient (Wildman–Crippen LogP) is 2.70. The number of nitrogens with zero attached hydrogens (tertiary/aromatic N) is 2. The van der Waals surface area contributed by atoms with Crippen molar-refractivity contribution >= 4 is 5.82 Å². The van der Waals surface area contributed by atoms with Gasteiger partial charge in [-0.25, -0.2) is 18.7 Å². The average Bonchev–Trinajstić information content (AvgIpc) is 2.36. The molecule has 2 aromatic rings. The average molecular weight is 249 g/mol. The van der Waals surface area contributed by atoms with Crippen LogP contribution >= 0.6 is 0 Å². The molecule has 1 N–H and O–H groups in total. The van der Waals surface area contributed by atoms with Gasteiger partial charge in [0.05, 0.1) is 5.69 Å². The van der Waals surface area contributed by atoms with Crippen molar-refractivity contribution in [1.29, 1.82) is 0 Å². The van der Waals surface area contributed by atoms with Gasteiger partial charge in [-0.3, -0.25) is 0 Å². The monoisotopic (exact) mass is 249 g/mol. The van der Waals surface area contributed by atoms with E-state index in [-0.39, 0.29) is 11.6 Å². The summed E-state index contributed by atoms with van der Waals surface area (Å²) in [6, 6.07) is 6.09. The molecule has 1 aromatic carbocycles. The number of aromatic nitrogens is 2. The Bertz CT molecular complexity index is 553. The van der Waals surface area contributed by atoms with E-state index in [1.807, 2.05) is 0 Å². The summed E-state index contributed by atoms with van der Waals surface area (Å²) < 4.78 is 26.3. The first kappa shape index (κ1) is 12.4. The lowest BCUT2D eigenvalue weighted by Gasteiger charge is -2.07. The number of benzene rings is 1. The Morgan fingerprint density at radius 3 is 2.39 bits per heavy atom. The number of halogens is 2. The second-order valence-corrected chi connectivity index (χ2v) is 3.94. The molecule has 0 saturated heterocycles. The molecular weight excluding hydrogens is 236 g/mol. The van der Waals surface area contributed by atoms with E-state index in [0.29, 0.717) is 17.9 Å².